The van der Waals surface area contributed by atoms with E-state index in [4.69, 9.17) is 4.74 Å². The van der Waals surface area contributed by atoms with Crippen LogP contribution in [-0.2, 0) is 0 Å². The van der Waals surface area contributed by atoms with Gasteiger partial charge in [-0.2, -0.15) is 0 Å². The summed E-state index contributed by atoms with van der Waals surface area (Å²) in [7, 11) is 1.61. The van der Waals surface area contributed by atoms with Gasteiger partial charge in [0.2, 0.25) is 5.88 Å². The Labute approximate surface area is 103 Å². The lowest BCUT2D eigenvalue weighted by Gasteiger charge is -2.03. The summed E-state index contributed by atoms with van der Waals surface area (Å²) in [4.78, 5) is 21.4. The van der Waals surface area contributed by atoms with Gasteiger partial charge in [0.25, 0.3) is 5.91 Å². The number of carbonyl (C=O) groups is 1. The van der Waals surface area contributed by atoms with Crippen LogP contribution in [0.15, 0.2) is 6.33 Å². The number of amides is 1. The molecular weight excluding hydrogens is 238 g/mol. The second-order valence-electron chi connectivity index (χ2n) is 3.43. The molecule has 5 nitrogen and oxygen atoms in total. The molecule has 2 heterocycles. The summed E-state index contributed by atoms with van der Waals surface area (Å²) in [5, 5.41) is 3.45. The van der Waals surface area contributed by atoms with Gasteiger partial charge >= 0.3 is 0 Å². The summed E-state index contributed by atoms with van der Waals surface area (Å²) in [5.74, 6) is 0.439. The summed E-state index contributed by atoms with van der Waals surface area (Å²) < 4.78 is 5.45. The van der Waals surface area contributed by atoms with Crippen LogP contribution in [-0.4, -0.2) is 29.5 Å². The van der Waals surface area contributed by atoms with Gasteiger partial charge in [0.1, 0.15) is 11.2 Å². The number of ether oxygens (including phenoxy) is 1. The zero-order chi connectivity index (χ0) is 12.4. The van der Waals surface area contributed by atoms with Crippen LogP contribution in [0, 0.1) is 6.92 Å². The van der Waals surface area contributed by atoms with Crippen molar-refractivity contribution < 1.29 is 9.53 Å². The molecule has 0 fully saturated rings. The van der Waals surface area contributed by atoms with Gasteiger partial charge in [-0.25, -0.2) is 9.97 Å². The fourth-order valence-corrected chi connectivity index (χ4v) is 2.70. The predicted octanol–water partition coefficient (Wildman–Crippen LogP) is 1.76. The Morgan fingerprint density at radius 3 is 2.94 bits per heavy atom. The molecule has 90 valence electrons. The zero-order valence-electron chi connectivity index (χ0n) is 9.90. The number of fused-ring (bicyclic) bond motifs is 1. The maximum absolute atomic E-state index is 11.7. The molecule has 2 rings (SSSR count). The van der Waals surface area contributed by atoms with E-state index in [0.29, 0.717) is 17.4 Å². The molecule has 0 aliphatic carbocycles. The molecule has 1 N–H and O–H groups in total. The van der Waals surface area contributed by atoms with Crippen LogP contribution in [0.3, 0.4) is 0 Å². The monoisotopic (exact) mass is 251 g/mol. The second kappa shape index (κ2) is 4.67. The Morgan fingerprint density at radius 1 is 1.53 bits per heavy atom. The molecule has 0 spiro atoms. The lowest BCUT2D eigenvalue weighted by Crippen LogP contribution is -2.17. The molecule has 0 unspecified atom stereocenters. The lowest BCUT2D eigenvalue weighted by molar-refractivity contribution is 0.0966. The van der Waals surface area contributed by atoms with Gasteiger partial charge in [-0.05, 0) is 19.4 Å². The highest BCUT2D eigenvalue weighted by Gasteiger charge is 2.18. The van der Waals surface area contributed by atoms with E-state index in [9.17, 15) is 4.79 Å². The minimum Gasteiger partial charge on any atom is -0.477 e. The van der Waals surface area contributed by atoms with Crippen molar-refractivity contribution in [3.8, 4) is 5.88 Å². The number of aromatic nitrogens is 2. The Bertz CT molecular complexity index is 565. The van der Waals surface area contributed by atoms with Crippen LogP contribution in [0.4, 0.5) is 0 Å². The number of hydrogen-bond donors (Lipinski definition) is 1. The van der Waals surface area contributed by atoms with Crippen LogP contribution in [0.1, 0.15) is 22.2 Å². The molecule has 0 saturated heterocycles. The lowest BCUT2D eigenvalue weighted by atomic mass is 10.2. The van der Waals surface area contributed by atoms with Gasteiger partial charge in [0.05, 0.1) is 16.9 Å². The Balaban J connectivity index is 2.65. The molecule has 17 heavy (non-hydrogen) atoms. The van der Waals surface area contributed by atoms with Crippen LogP contribution < -0.4 is 10.1 Å². The van der Waals surface area contributed by atoms with Crippen molar-refractivity contribution in [3.63, 3.8) is 0 Å². The van der Waals surface area contributed by atoms with Crippen molar-refractivity contribution >= 4 is 27.5 Å². The predicted molar refractivity (Wildman–Crippen MR) is 66.7 cm³/mol. The first-order valence-electron chi connectivity index (χ1n) is 5.28. The average Bonchev–Trinajstić information content (AvgIpc) is 2.67. The van der Waals surface area contributed by atoms with Crippen LogP contribution >= 0.6 is 11.3 Å². The molecule has 0 atom stereocenters. The number of rotatable bonds is 3. The first-order chi connectivity index (χ1) is 8.19. The van der Waals surface area contributed by atoms with E-state index in [0.717, 1.165) is 15.8 Å². The normalized spacial score (nSPS) is 10.5. The highest BCUT2D eigenvalue weighted by Crippen LogP contribution is 2.34. The van der Waals surface area contributed by atoms with E-state index in [2.05, 4.69) is 15.3 Å². The number of nitrogens with one attached hydrogen (secondary N) is 1. The Morgan fingerprint density at radius 2 is 2.29 bits per heavy atom. The van der Waals surface area contributed by atoms with E-state index in [1.165, 1.54) is 17.7 Å². The van der Waals surface area contributed by atoms with E-state index in [-0.39, 0.29) is 5.91 Å². The third-order valence-corrected chi connectivity index (χ3v) is 3.60. The van der Waals surface area contributed by atoms with Crippen molar-refractivity contribution in [2.45, 2.75) is 13.8 Å². The minimum atomic E-state index is -0.104. The molecule has 0 saturated carbocycles. The number of aryl methyl sites for hydroxylation is 1. The quantitative estimate of drug-likeness (QED) is 0.902. The molecule has 2 aromatic heterocycles. The molecule has 1 amide bonds. The van der Waals surface area contributed by atoms with Gasteiger partial charge < -0.3 is 10.1 Å². The molecule has 0 bridgehead atoms. The van der Waals surface area contributed by atoms with Gasteiger partial charge in [-0.1, -0.05) is 0 Å². The van der Waals surface area contributed by atoms with Crippen molar-refractivity contribution in [1.29, 1.82) is 0 Å². The number of nitrogens with zero attached hydrogens (tertiary/aromatic N) is 2. The molecule has 6 heteroatoms. The van der Waals surface area contributed by atoms with Gasteiger partial charge in [0.15, 0.2) is 0 Å². The first kappa shape index (κ1) is 11.8. The molecule has 0 radical (unpaired) electrons. The summed E-state index contributed by atoms with van der Waals surface area (Å²) in [5.41, 5.74) is 0.869. The molecule has 0 aliphatic rings. The third kappa shape index (κ3) is 1.95. The average molecular weight is 251 g/mol. The van der Waals surface area contributed by atoms with Crippen molar-refractivity contribution in [2.75, 3.05) is 13.7 Å². The third-order valence-electron chi connectivity index (χ3n) is 2.41. The SMILES string of the molecule is CCOc1ncnc2sc(C(=O)NC)c(C)c12. The number of thiophene rings is 1. The highest BCUT2D eigenvalue weighted by atomic mass is 32.1. The largest absolute Gasteiger partial charge is 0.477 e. The van der Waals surface area contributed by atoms with Crippen LogP contribution in [0.25, 0.3) is 10.2 Å². The summed E-state index contributed by atoms with van der Waals surface area (Å²) in [6.45, 7) is 4.32. The van der Waals surface area contributed by atoms with Crippen molar-refractivity contribution in [3.05, 3.63) is 16.8 Å². The minimum absolute atomic E-state index is 0.104. The van der Waals surface area contributed by atoms with E-state index in [1.54, 1.807) is 7.05 Å². The summed E-state index contributed by atoms with van der Waals surface area (Å²) >= 11 is 1.35. The van der Waals surface area contributed by atoms with Gasteiger partial charge in [0, 0.05) is 7.05 Å². The molecule has 2 aromatic rings. The van der Waals surface area contributed by atoms with Crippen LogP contribution in [0.5, 0.6) is 5.88 Å². The number of carbonyl (C=O) groups excluding carboxylic acids is 1. The smallest absolute Gasteiger partial charge is 0.261 e. The maximum atomic E-state index is 11.7. The Kier molecular flexibility index (Phi) is 3.23. The first-order valence-corrected chi connectivity index (χ1v) is 6.09. The number of hydrogen-bond acceptors (Lipinski definition) is 5. The second-order valence-corrected chi connectivity index (χ2v) is 4.43. The van der Waals surface area contributed by atoms with E-state index >= 15 is 0 Å². The van der Waals surface area contributed by atoms with E-state index < -0.39 is 0 Å². The van der Waals surface area contributed by atoms with Crippen LogP contribution in [0.2, 0.25) is 0 Å². The fraction of sp³-hybridized carbons (Fsp3) is 0.364. The zero-order valence-corrected chi connectivity index (χ0v) is 10.7. The summed E-state index contributed by atoms with van der Waals surface area (Å²) in [6, 6.07) is 0. The topological polar surface area (TPSA) is 64.1 Å². The molecule has 0 aromatic carbocycles. The maximum Gasteiger partial charge on any atom is 0.261 e. The standard InChI is InChI=1S/C11H13N3O2S/c1-4-16-10-7-6(2)8(9(15)12-3)17-11(7)14-5-13-10/h5H,4H2,1-3H3,(H,12,15). The fourth-order valence-electron chi connectivity index (χ4n) is 1.62. The van der Waals surface area contributed by atoms with E-state index in [1.807, 2.05) is 13.8 Å². The van der Waals surface area contributed by atoms with Crippen molar-refractivity contribution in [1.82, 2.24) is 15.3 Å². The highest BCUT2D eigenvalue weighted by molar-refractivity contribution is 7.20. The van der Waals surface area contributed by atoms with Crippen molar-refractivity contribution in [2.24, 2.45) is 0 Å². The molecule has 0 aliphatic heterocycles. The Hall–Kier alpha value is -1.69. The summed E-state index contributed by atoms with van der Waals surface area (Å²) in [6.07, 6.45) is 1.46. The van der Waals surface area contributed by atoms with Gasteiger partial charge in [-0.15, -0.1) is 11.3 Å². The van der Waals surface area contributed by atoms with Gasteiger partial charge in [-0.3, -0.25) is 4.79 Å². The molecular formula is C11H13N3O2S.